The van der Waals surface area contributed by atoms with Crippen LogP contribution in [0.5, 0.6) is 0 Å². The highest BCUT2D eigenvalue weighted by molar-refractivity contribution is 7.99. The lowest BCUT2D eigenvalue weighted by molar-refractivity contribution is -0.0112. The first-order valence-electron chi connectivity index (χ1n) is 21.2. The summed E-state index contributed by atoms with van der Waals surface area (Å²) in [7, 11) is 0. The van der Waals surface area contributed by atoms with Crippen molar-refractivity contribution in [2.75, 3.05) is 32.0 Å². The normalized spacial score (nSPS) is 20.8. The number of aliphatic hydroxyl groups is 2. The molecule has 62 heavy (non-hydrogen) atoms. The molecule has 4 aromatic carbocycles. The first kappa shape index (κ1) is 47.2. The number of thioether (sulfide) groups is 3. The number of ether oxygens (including phenoxy) is 2. The van der Waals surface area contributed by atoms with Gasteiger partial charge in [0.15, 0.2) is 11.2 Å². The van der Waals surface area contributed by atoms with Crippen LogP contribution in [-0.2, 0) is 20.7 Å². The van der Waals surface area contributed by atoms with Crippen LogP contribution in [0.4, 0.5) is 9.59 Å². The van der Waals surface area contributed by atoms with E-state index in [0.717, 1.165) is 78.0 Å². The highest BCUT2D eigenvalue weighted by Crippen LogP contribution is 2.36. The zero-order valence-corrected chi connectivity index (χ0v) is 38.3. The lowest BCUT2D eigenvalue weighted by Crippen LogP contribution is -2.44. The molecule has 6 rings (SSSR count). The molecule has 2 atom stereocenters. The highest BCUT2D eigenvalue weighted by Gasteiger charge is 2.42. The summed E-state index contributed by atoms with van der Waals surface area (Å²) in [6.45, 7) is 0.886. The van der Waals surface area contributed by atoms with Gasteiger partial charge in [0, 0.05) is 37.9 Å². The van der Waals surface area contributed by atoms with Gasteiger partial charge >= 0.3 is 12.2 Å². The van der Waals surface area contributed by atoms with Gasteiger partial charge < -0.3 is 30.3 Å². The summed E-state index contributed by atoms with van der Waals surface area (Å²) >= 11 is 4.66. The molecule has 0 heterocycles. The Kier molecular flexibility index (Phi) is 16.7. The number of nitrogens with one attached hydrogen (secondary N) is 2. The minimum Gasteiger partial charge on any atom is -0.446 e. The summed E-state index contributed by atoms with van der Waals surface area (Å²) < 4.78 is 11.2. The predicted octanol–water partition coefficient (Wildman–Crippen LogP) is 9.96. The zero-order valence-electron chi connectivity index (χ0n) is 35.9. The Morgan fingerprint density at radius 2 is 0.855 bits per heavy atom. The number of benzene rings is 4. The van der Waals surface area contributed by atoms with Crippen LogP contribution in [-0.4, -0.2) is 78.0 Å². The van der Waals surface area contributed by atoms with Crippen LogP contribution in [0.1, 0.15) is 95.2 Å². The lowest BCUT2D eigenvalue weighted by atomic mass is 9.76. The van der Waals surface area contributed by atoms with Crippen molar-refractivity contribution >= 4 is 59.0 Å². The predicted molar refractivity (Wildman–Crippen MR) is 247 cm³/mol. The van der Waals surface area contributed by atoms with E-state index < -0.39 is 48.2 Å². The van der Waals surface area contributed by atoms with Gasteiger partial charge in [-0.2, -0.15) is 0 Å². The van der Waals surface area contributed by atoms with Crippen molar-refractivity contribution in [1.82, 2.24) is 10.6 Å². The molecule has 0 aliphatic heterocycles. The van der Waals surface area contributed by atoms with Crippen LogP contribution >= 0.6 is 35.3 Å². The van der Waals surface area contributed by atoms with Crippen LogP contribution in [0.2, 0.25) is 0 Å². The molecule has 2 amide bonds. The fourth-order valence-electron chi connectivity index (χ4n) is 8.53. The molecule has 0 spiro atoms. The largest absolute Gasteiger partial charge is 0.446 e. The van der Waals surface area contributed by atoms with Crippen molar-refractivity contribution in [3.05, 3.63) is 125 Å². The Balaban J connectivity index is 0.936. The first-order chi connectivity index (χ1) is 29.8. The van der Waals surface area contributed by atoms with E-state index in [2.05, 4.69) is 10.6 Å². The molecule has 0 saturated heterocycles. The minimum atomic E-state index is -2.06. The van der Waals surface area contributed by atoms with Gasteiger partial charge in [-0.3, -0.25) is 9.59 Å². The van der Waals surface area contributed by atoms with E-state index in [1.54, 1.807) is 83.8 Å². The van der Waals surface area contributed by atoms with E-state index in [1.165, 1.54) is 0 Å². The molecule has 13 heteroatoms. The topological polar surface area (TPSA) is 151 Å². The Bertz CT molecular complexity index is 2120. The van der Waals surface area contributed by atoms with E-state index >= 15 is 0 Å². The molecule has 2 aliphatic rings. The maximum atomic E-state index is 13.8. The number of Topliss-reactive ketones (excluding diaryl/α,β-unsaturated/α-hetero) is 2. The van der Waals surface area contributed by atoms with Gasteiger partial charge in [-0.05, 0) is 143 Å². The van der Waals surface area contributed by atoms with Gasteiger partial charge in [-0.15, -0.1) is 35.3 Å². The standard InChI is InChI=1S/C49H58N2O8S3/c1-32-5-15-37(16-6-32)48(56,44(52)35-11-23-41(60-2)24-12-35)30-58-46(54)50-39-19-7-33(8-20-39)29-34-9-21-40(22-10-34)51-47(55)59-31-49(57,38-17-27-43(62-4)28-18-38)45(53)36-13-25-42(61-3)26-14-36/h5-6,11-18,23-28,33-34,39-40,56-57H,7-10,19-22,29-31H2,1-4H3,(H,50,54)(H,51,55). The van der Waals surface area contributed by atoms with Gasteiger partial charge in [0.05, 0.1) is 0 Å². The number of hydrogen-bond donors (Lipinski definition) is 4. The quantitative estimate of drug-likeness (QED) is 0.0592. The maximum Gasteiger partial charge on any atom is 0.407 e. The third kappa shape index (κ3) is 12.0. The van der Waals surface area contributed by atoms with Crippen LogP contribution < -0.4 is 10.6 Å². The van der Waals surface area contributed by atoms with Crippen molar-refractivity contribution < 1.29 is 38.9 Å². The third-order valence-electron chi connectivity index (χ3n) is 12.4. The van der Waals surface area contributed by atoms with Gasteiger partial charge in [0.2, 0.25) is 11.6 Å². The Labute approximate surface area is 378 Å². The molecule has 0 bridgehead atoms. The molecule has 4 N–H and O–H groups in total. The molecule has 4 aromatic rings. The summed E-state index contributed by atoms with van der Waals surface area (Å²) in [5.74, 6) is -0.0152. The van der Waals surface area contributed by atoms with Gasteiger partial charge in [0.25, 0.3) is 0 Å². The Hall–Kier alpha value is -4.27. The fraction of sp³-hybridized carbons (Fsp3) is 0.429. The van der Waals surface area contributed by atoms with Gasteiger partial charge in [0.1, 0.15) is 13.2 Å². The third-order valence-corrected chi connectivity index (χ3v) is 14.6. The number of carbonyl (C=O) groups excluding carboxylic acids is 4. The van der Waals surface area contributed by atoms with E-state index in [4.69, 9.17) is 9.47 Å². The van der Waals surface area contributed by atoms with E-state index in [-0.39, 0.29) is 12.1 Å². The molecular formula is C49H58N2O8S3. The molecule has 2 unspecified atom stereocenters. The zero-order chi connectivity index (χ0) is 44.3. The second-order valence-corrected chi connectivity index (χ2v) is 19.2. The number of ketones is 2. The second-order valence-electron chi connectivity index (χ2n) is 16.5. The van der Waals surface area contributed by atoms with Crippen molar-refractivity contribution in [2.24, 2.45) is 11.8 Å². The molecular weight excluding hydrogens is 841 g/mol. The minimum absolute atomic E-state index is 0.0599. The monoisotopic (exact) mass is 898 g/mol. The van der Waals surface area contributed by atoms with Gasteiger partial charge in [-0.25, -0.2) is 9.59 Å². The van der Waals surface area contributed by atoms with E-state index in [0.29, 0.717) is 34.1 Å². The second kappa shape index (κ2) is 21.9. The van der Waals surface area contributed by atoms with E-state index in [1.807, 2.05) is 74.2 Å². The molecule has 2 aliphatic carbocycles. The lowest BCUT2D eigenvalue weighted by Gasteiger charge is -2.34. The molecule has 2 saturated carbocycles. The van der Waals surface area contributed by atoms with Crippen LogP contribution in [0.25, 0.3) is 0 Å². The average Bonchev–Trinajstić information content (AvgIpc) is 3.31. The number of alkyl carbamates (subject to hydrolysis) is 2. The SMILES string of the molecule is CSc1ccc(C(=O)C(O)(COC(=O)NC2CCC(CC3CCC(NC(=O)OCC(O)(C(=O)c4ccc(SC)cc4)c4ccc(SC)cc4)CC3)CC2)c2ccc(C)cc2)cc1. The fourth-order valence-corrected chi connectivity index (χ4v) is 9.76. The van der Waals surface area contributed by atoms with E-state index in [9.17, 15) is 29.4 Å². The van der Waals surface area contributed by atoms with Gasteiger partial charge in [-0.1, -0.05) is 66.2 Å². The Morgan fingerprint density at radius 3 is 1.19 bits per heavy atom. The van der Waals surface area contributed by atoms with Crippen molar-refractivity contribution in [2.45, 2.75) is 103 Å². The maximum absolute atomic E-state index is 13.8. The smallest absolute Gasteiger partial charge is 0.407 e. The van der Waals surface area contributed by atoms with Crippen molar-refractivity contribution in [3.8, 4) is 0 Å². The van der Waals surface area contributed by atoms with Crippen LogP contribution in [0.15, 0.2) is 112 Å². The number of carbonyl (C=O) groups is 4. The van der Waals surface area contributed by atoms with Crippen LogP contribution in [0, 0.1) is 18.8 Å². The average molecular weight is 899 g/mol. The highest BCUT2D eigenvalue weighted by atomic mass is 32.2. The molecule has 0 aromatic heterocycles. The Morgan fingerprint density at radius 1 is 0.532 bits per heavy atom. The number of hydrogen-bond acceptors (Lipinski definition) is 11. The molecule has 10 nitrogen and oxygen atoms in total. The summed E-state index contributed by atoms with van der Waals surface area (Å²) in [6, 6.07) is 28.0. The van der Waals surface area contributed by atoms with Crippen molar-refractivity contribution in [1.29, 1.82) is 0 Å². The molecule has 330 valence electrons. The van der Waals surface area contributed by atoms with Crippen molar-refractivity contribution in [3.63, 3.8) is 0 Å². The summed E-state index contributed by atoms with van der Waals surface area (Å²) in [6.07, 6.45) is 12.7. The summed E-state index contributed by atoms with van der Waals surface area (Å²) in [4.78, 5) is 56.6. The number of amides is 2. The number of aryl methyl sites for hydroxylation is 1. The summed E-state index contributed by atoms with van der Waals surface area (Å²) in [5.41, 5.74) is -1.76. The molecule has 2 fully saturated rings. The number of rotatable bonds is 17. The molecule has 0 radical (unpaired) electrons. The first-order valence-corrected chi connectivity index (χ1v) is 24.9. The van der Waals surface area contributed by atoms with Crippen LogP contribution in [0.3, 0.4) is 0 Å². The summed E-state index contributed by atoms with van der Waals surface area (Å²) in [5, 5.41) is 29.6.